The second kappa shape index (κ2) is 6.46. The molecule has 0 saturated carbocycles. The highest BCUT2D eigenvalue weighted by Gasteiger charge is 2.24. The van der Waals surface area contributed by atoms with Gasteiger partial charge in [-0.15, -0.1) is 0 Å². The van der Waals surface area contributed by atoms with Gasteiger partial charge < -0.3 is 10.5 Å². The highest BCUT2D eigenvalue weighted by atomic mass is 32.1. The van der Waals surface area contributed by atoms with E-state index in [1.54, 1.807) is 0 Å². The predicted molar refractivity (Wildman–Crippen MR) is 82.3 cm³/mol. The van der Waals surface area contributed by atoms with Crippen LogP contribution in [0.2, 0.25) is 0 Å². The molecule has 19 heavy (non-hydrogen) atoms. The molecule has 1 unspecified atom stereocenters. The standard InChI is InChI=1S/C15H22N2OS/c1-11(2)17(10-15(16)19)9-14-13-6-4-3-5-12(13)7-8-18-14/h3-6,11,14H,7-10H2,1-2H3,(H2,16,19). The van der Waals surface area contributed by atoms with Gasteiger partial charge in [-0.25, -0.2) is 0 Å². The zero-order chi connectivity index (χ0) is 13.8. The largest absolute Gasteiger partial charge is 0.392 e. The van der Waals surface area contributed by atoms with Crippen molar-refractivity contribution < 1.29 is 4.74 Å². The molecule has 0 fully saturated rings. The zero-order valence-electron chi connectivity index (χ0n) is 11.6. The lowest BCUT2D eigenvalue weighted by Gasteiger charge is -2.33. The summed E-state index contributed by atoms with van der Waals surface area (Å²) >= 11 is 5.03. The van der Waals surface area contributed by atoms with Crippen molar-refractivity contribution in [3.63, 3.8) is 0 Å². The van der Waals surface area contributed by atoms with E-state index >= 15 is 0 Å². The van der Waals surface area contributed by atoms with E-state index in [4.69, 9.17) is 22.7 Å². The van der Waals surface area contributed by atoms with Crippen LogP contribution in [-0.2, 0) is 11.2 Å². The maximum Gasteiger partial charge on any atom is 0.0954 e. The third-order valence-corrected chi connectivity index (χ3v) is 3.71. The highest BCUT2D eigenvalue weighted by molar-refractivity contribution is 7.80. The van der Waals surface area contributed by atoms with Crippen molar-refractivity contribution in [2.45, 2.75) is 32.4 Å². The molecular formula is C15H22N2OS. The fourth-order valence-corrected chi connectivity index (χ4v) is 2.66. The van der Waals surface area contributed by atoms with E-state index in [-0.39, 0.29) is 6.10 Å². The number of fused-ring (bicyclic) bond motifs is 1. The zero-order valence-corrected chi connectivity index (χ0v) is 12.5. The van der Waals surface area contributed by atoms with Crippen LogP contribution in [0.25, 0.3) is 0 Å². The molecule has 1 aromatic carbocycles. The van der Waals surface area contributed by atoms with Gasteiger partial charge in [0.25, 0.3) is 0 Å². The molecule has 0 aliphatic carbocycles. The lowest BCUT2D eigenvalue weighted by molar-refractivity contribution is 0.0131. The summed E-state index contributed by atoms with van der Waals surface area (Å²) in [6.07, 6.45) is 1.13. The summed E-state index contributed by atoms with van der Waals surface area (Å²) in [6, 6.07) is 8.93. The molecule has 1 heterocycles. The molecule has 2 rings (SSSR count). The summed E-state index contributed by atoms with van der Waals surface area (Å²) < 4.78 is 5.94. The van der Waals surface area contributed by atoms with Crippen LogP contribution >= 0.6 is 12.2 Å². The van der Waals surface area contributed by atoms with E-state index < -0.39 is 0 Å². The Hall–Kier alpha value is -0.970. The van der Waals surface area contributed by atoms with Crippen LogP contribution in [0.15, 0.2) is 24.3 Å². The number of benzene rings is 1. The average molecular weight is 278 g/mol. The lowest BCUT2D eigenvalue weighted by atomic mass is 9.97. The van der Waals surface area contributed by atoms with Gasteiger partial charge in [0.1, 0.15) is 0 Å². The minimum Gasteiger partial charge on any atom is -0.392 e. The molecule has 3 nitrogen and oxygen atoms in total. The number of ether oxygens (including phenoxy) is 1. The molecule has 0 amide bonds. The topological polar surface area (TPSA) is 38.5 Å². The number of hydrogen-bond acceptors (Lipinski definition) is 3. The summed E-state index contributed by atoms with van der Waals surface area (Å²) in [5.74, 6) is 0. The fourth-order valence-electron chi connectivity index (χ4n) is 2.50. The first kappa shape index (κ1) is 14.4. The second-order valence-corrected chi connectivity index (χ2v) is 5.82. The Kier molecular flexibility index (Phi) is 4.91. The fraction of sp³-hybridized carbons (Fsp3) is 0.533. The van der Waals surface area contributed by atoms with Gasteiger partial charge in [0.15, 0.2) is 0 Å². The van der Waals surface area contributed by atoms with Crippen molar-refractivity contribution in [2.24, 2.45) is 5.73 Å². The quantitative estimate of drug-likeness (QED) is 0.839. The SMILES string of the molecule is CC(C)N(CC(N)=S)CC1OCCc2ccccc21. The summed E-state index contributed by atoms with van der Waals surface area (Å²) in [6.45, 7) is 6.60. The van der Waals surface area contributed by atoms with Crippen molar-refractivity contribution >= 4 is 17.2 Å². The molecule has 1 aliphatic heterocycles. The smallest absolute Gasteiger partial charge is 0.0954 e. The van der Waals surface area contributed by atoms with E-state index in [2.05, 4.69) is 43.0 Å². The molecule has 0 bridgehead atoms. The third-order valence-electron chi connectivity index (χ3n) is 3.58. The molecule has 0 radical (unpaired) electrons. The molecule has 4 heteroatoms. The summed E-state index contributed by atoms with van der Waals surface area (Å²) in [5, 5.41) is 0. The summed E-state index contributed by atoms with van der Waals surface area (Å²) in [7, 11) is 0. The Morgan fingerprint density at radius 2 is 2.21 bits per heavy atom. The maximum absolute atomic E-state index is 5.94. The first-order chi connectivity index (χ1) is 9.08. The third kappa shape index (κ3) is 3.75. The van der Waals surface area contributed by atoms with E-state index in [1.807, 2.05) is 0 Å². The summed E-state index contributed by atoms with van der Waals surface area (Å²) in [5.41, 5.74) is 8.39. The molecule has 1 aromatic rings. The van der Waals surface area contributed by atoms with Crippen molar-refractivity contribution in [1.29, 1.82) is 0 Å². The number of nitrogens with two attached hydrogens (primary N) is 1. The van der Waals surface area contributed by atoms with Crippen LogP contribution in [-0.4, -0.2) is 35.6 Å². The summed E-state index contributed by atoms with van der Waals surface area (Å²) in [4.78, 5) is 2.81. The van der Waals surface area contributed by atoms with Gasteiger partial charge in [0.2, 0.25) is 0 Å². The van der Waals surface area contributed by atoms with Crippen LogP contribution in [0.4, 0.5) is 0 Å². The van der Waals surface area contributed by atoms with Gasteiger partial charge in [-0.05, 0) is 31.4 Å². The van der Waals surface area contributed by atoms with Crippen LogP contribution in [0, 0.1) is 0 Å². The van der Waals surface area contributed by atoms with Crippen LogP contribution in [0.1, 0.15) is 31.1 Å². The molecule has 1 atom stereocenters. The Labute approximate surface area is 120 Å². The Morgan fingerprint density at radius 3 is 2.89 bits per heavy atom. The monoisotopic (exact) mass is 278 g/mol. The second-order valence-electron chi connectivity index (χ2n) is 5.30. The van der Waals surface area contributed by atoms with E-state index in [9.17, 15) is 0 Å². The van der Waals surface area contributed by atoms with E-state index in [1.165, 1.54) is 11.1 Å². The van der Waals surface area contributed by atoms with Gasteiger partial charge in [-0.2, -0.15) is 0 Å². The minimum absolute atomic E-state index is 0.127. The predicted octanol–water partition coefficient (Wildman–Crippen LogP) is 2.30. The first-order valence-electron chi connectivity index (χ1n) is 6.79. The molecule has 0 spiro atoms. The molecule has 104 valence electrons. The minimum atomic E-state index is 0.127. The van der Waals surface area contributed by atoms with Gasteiger partial charge in [-0.1, -0.05) is 36.5 Å². The normalized spacial score (nSPS) is 18.6. The maximum atomic E-state index is 5.94. The number of nitrogens with zero attached hydrogens (tertiary/aromatic N) is 1. The Bertz CT molecular complexity index is 448. The molecular weight excluding hydrogens is 256 g/mol. The molecule has 0 saturated heterocycles. The van der Waals surface area contributed by atoms with Crippen molar-refractivity contribution in [3.05, 3.63) is 35.4 Å². The average Bonchev–Trinajstić information content (AvgIpc) is 2.37. The van der Waals surface area contributed by atoms with Gasteiger partial charge in [-0.3, -0.25) is 4.90 Å². The van der Waals surface area contributed by atoms with Crippen LogP contribution < -0.4 is 5.73 Å². The Morgan fingerprint density at radius 1 is 1.47 bits per heavy atom. The lowest BCUT2D eigenvalue weighted by Crippen LogP contribution is -2.41. The highest BCUT2D eigenvalue weighted by Crippen LogP contribution is 2.28. The van der Waals surface area contributed by atoms with Crippen molar-refractivity contribution in [3.8, 4) is 0 Å². The van der Waals surface area contributed by atoms with Gasteiger partial charge in [0.05, 0.1) is 17.7 Å². The Balaban J connectivity index is 2.12. The molecule has 0 aromatic heterocycles. The van der Waals surface area contributed by atoms with E-state index in [0.717, 1.165) is 19.6 Å². The number of hydrogen-bond donors (Lipinski definition) is 1. The van der Waals surface area contributed by atoms with Gasteiger partial charge >= 0.3 is 0 Å². The molecule has 1 aliphatic rings. The number of rotatable bonds is 5. The van der Waals surface area contributed by atoms with Crippen LogP contribution in [0.3, 0.4) is 0 Å². The van der Waals surface area contributed by atoms with Gasteiger partial charge in [0, 0.05) is 19.1 Å². The van der Waals surface area contributed by atoms with Crippen LogP contribution in [0.5, 0.6) is 0 Å². The van der Waals surface area contributed by atoms with E-state index in [0.29, 0.717) is 17.6 Å². The number of thiocarbonyl (C=S) groups is 1. The first-order valence-corrected chi connectivity index (χ1v) is 7.20. The van der Waals surface area contributed by atoms with Crippen molar-refractivity contribution in [2.75, 3.05) is 19.7 Å². The molecule has 2 N–H and O–H groups in total. The van der Waals surface area contributed by atoms with Crippen molar-refractivity contribution in [1.82, 2.24) is 4.90 Å².